The second kappa shape index (κ2) is 7.74. The Morgan fingerprint density at radius 1 is 1.13 bits per heavy atom. The minimum Gasteiger partial charge on any atom is -0.403 e. The Morgan fingerprint density at radius 3 is 2.87 bits per heavy atom. The summed E-state index contributed by atoms with van der Waals surface area (Å²) >= 11 is 6.21. The second-order valence-corrected chi connectivity index (χ2v) is 7.91. The Bertz CT molecular complexity index is 1280. The van der Waals surface area contributed by atoms with E-state index in [0.29, 0.717) is 27.6 Å². The van der Waals surface area contributed by atoms with Crippen molar-refractivity contribution in [2.45, 2.75) is 13.3 Å². The van der Waals surface area contributed by atoms with E-state index in [0.717, 1.165) is 50.3 Å². The first-order chi connectivity index (χ1) is 14.6. The van der Waals surface area contributed by atoms with Crippen LogP contribution in [-0.2, 0) is 0 Å². The van der Waals surface area contributed by atoms with Crippen molar-refractivity contribution in [3.8, 4) is 11.3 Å². The van der Waals surface area contributed by atoms with Gasteiger partial charge in [0.05, 0.1) is 16.3 Å². The van der Waals surface area contributed by atoms with Gasteiger partial charge in [-0.15, -0.1) is 0 Å². The van der Waals surface area contributed by atoms with Gasteiger partial charge in [-0.05, 0) is 49.8 Å². The van der Waals surface area contributed by atoms with Crippen LogP contribution in [0.1, 0.15) is 13.3 Å². The number of hydrogen-bond donors (Lipinski definition) is 0. The van der Waals surface area contributed by atoms with E-state index in [1.807, 2.05) is 24.4 Å². The maximum Gasteiger partial charge on any atom is 0.347 e. The van der Waals surface area contributed by atoms with Gasteiger partial charge in [-0.3, -0.25) is 0 Å². The summed E-state index contributed by atoms with van der Waals surface area (Å²) in [7, 11) is 0. The normalized spacial score (nSPS) is 15.7. The fraction of sp³-hybridized carbons (Fsp3) is 0.318. The zero-order valence-corrected chi connectivity index (χ0v) is 17.5. The van der Waals surface area contributed by atoms with Gasteiger partial charge < -0.3 is 18.6 Å². The van der Waals surface area contributed by atoms with Gasteiger partial charge in [-0.25, -0.2) is 9.78 Å². The first kappa shape index (κ1) is 19.1. The molecule has 154 valence electrons. The number of imidazole rings is 1. The van der Waals surface area contributed by atoms with Crippen LogP contribution in [0.15, 0.2) is 51.9 Å². The predicted molar refractivity (Wildman–Crippen MR) is 118 cm³/mol. The van der Waals surface area contributed by atoms with E-state index in [1.165, 1.54) is 0 Å². The molecular weight excluding hydrogens is 402 g/mol. The first-order valence-electron chi connectivity index (χ1n) is 10.2. The topological polar surface area (TPSA) is 66.9 Å². The van der Waals surface area contributed by atoms with Crippen LogP contribution < -0.4 is 10.5 Å². The molecule has 0 bridgehead atoms. The fourth-order valence-corrected chi connectivity index (χ4v) is 4.18. The van der Waals surface area contributed by atoms with Crippen molar-refractivity contribution in [1.29, 1.82) is 0 Å². The van der Waals surface area contributed by atoms with E-state index < -0.39 is 5.63 Å². The van der Waals surface area contributed by atoms with Gasteiger partial charge in [0.1, 0.15) is 5.82 Å². The third kappa shape index (κ3) is 3.44. The number of pyridine rings is 2. The molecule has 0 aromatic carbocycles. The van der Waals surface area contributed by atoms with E-state index in [1.54, 1.807) is 22.7 Å². The van der Waals surface area contributed by atoms with Crippen molar-refractivity contribution in [3.63, 3.8) is 0 Å². The lowest BCUT2D eigenvalue weighted by Gasteiger charge is -2.22. The molecule has 1 fully saturated rings. The Kier molecular flexibility index (Phi) is 4.92. The summed E-state index contributed by atoms with van der Waals surface area (Å²) in [6.45, 7) is 7.21. The Balaban J connectivity index is 1.51. The van der Waals surface area contributed by atoms with E-state index in [-0.39, 0.29) is 0 Å². The van der Waals surface area contributed by atoms with Crippen molar-refractivity contribution < 1.29 is 4.42 Å². The lowest BCUT2D eigenvalue weighted by molar-refractivity contribution is 0.310. The van der Waals surface area contributed by atoms with Crippen molar-refractivity contribution in [3.05, 3.63) is 58.2 Å². The molecule has 1 aliphatic rings. The summed E-state index contributed by atoms with van der Waals surface area (Å²) in [5.41, 5.74) is 1.41. The highest BCUT2D eigenvalue weighted by atomic mass is 35.5. The molecule has 0 amide bonds. The smallest absolute Gasteiger partial charge is 0.347 e. The number of anilines is 1. The first-order valence-corrected chi connectivity index (χ1v) is 10.6. The van der Waals surface area contributed by atoms with Crippen LogP contribution >= 0.6 is 11.6 Å². The monoisotopic (exact) mass is 423 g/mol. The third-order valence-electron chi connectivity index (χ3n) is 5.65. The third-order valence-corrected chi connectivity index (χ3v) is 5.95. The average molecular weight is 424 g/mol. The van der Waals surface area contributed by atoms with Crippen molar-refractivity contribution in [2.24, 2.45) is 0 Å². The number of aromatic nitrogens is 3. The van der Waals surface area contributed by atoms with Gasteiger partial charge in [0.15, 0.2) is 5.65 Å². The molecule has 5 heterocycles. The Hall–Kier alpha value is -2.90. The lowest BCUT2D eigenvalue weighted by Crippen LogP contribution is -2.31. The molecule has 0 radical (unpaired) electrons. The van der Waals surface area contributed by atoms with Crippen molar-refractivity contribution >= 4 is 34.2 Å². The molecule has 5 rings (SSSR count). The minimum absolute atomic E-state index is 0.347. The van der Waals surface area contributed by atoms with Crippen molar-refractivity contribution in [1.82, 2.24) is 19.3 Å². The summed E-state index contributed by atoms with van der Waals surface area (Å²) in [5.74, 6) is 0.843. The average Bonchev–Trinajstić information content (AvgIpc) is 3.04. The molecule has 0 unspecified atom stereocenters. The van der Waals surface area contributed by atoms with Gasteiger partial charge in [-0.1, -0.05) is 18.5 Å². The number of fused-ring (bicyclic) bond motifs is 2. The molecule has 0 saturated carbocycles. The minimum atomic E-state index is -0.459. The number of hydrogen-bond acceptors (Lipinski definition) is 6. The van der Waals surface area contributed by atoms with Gasteiger partial charge in [0.25, 0.3) is 0 Å². The summed E-state index contributed by atoms with van der Waals surface area (Å²) in [6.07, 6.45) is 4.71. The summed E-state index contributed by atoms with van der Waals surface area (Å²) in [6, 6.07) is 9.33. The van der Waals surface area contributed by atoms with Crippen LogP contribution in [0.25, 0.3) is 28.0 Å². The molecule has 4 aromatic rings. The van der Waals surface area contributed by atoms with Gasteiger partial charge in [0, 0.05) is 37.4 Å². The molecule has 0 spiro atoms. The molecule has 1 aliphatic heterocycles. The fourth-order valence-electron chi connectivity index (χ4n) is 3.97. The van der Waals surface area contributed by atoms with Crippen LogP contribution in [0, 0.1) is 0 Å². The van der Waals surface area contributed by atoms with Gasteiger partial charge in [0.2, 0.25) is 5.71 Å². The molecule has 8 heteroatoms. The predicted octanol–water partition coefficient (Wildman–Crippen LogP) is 3.69. The van der Waals surface area contributed by atoms with Crippen LogP contribution in [0.4, 0.5) is 5.82 Å². The highest BCUT2D eigenvalue weighted by Crippen LogP contribution is 2.25. The SMILES string of the molecule is CCN1CCCN(c2ccc3cc(-c4cn5cccc(Cl)c5n4)c(=O)oc3n2)CC1. The van der Waals surface area contributed by atoms with Crippen LogP contribution in [0.5, 0.6) is 0 Å². The van der Waals surface area contributed by atoms with Crippen LogP contribution in [0.3, 0.4) is 0 Å². The molecule has 4 aromatic heterocycles. The molecule has 30 heavy (non-hydrogen) atoms. The number of halogens is 1. The summed E-state index contributed by atoms with van der Waals surface area (Å²) < 4.78 is 7.39. The lowest BCUT2D eigenvalue weighted by atomic mass is 10.2. The summed E-state index contributed by atoms with van der Waals surface area (Å²) in [4.78, 5) is 26.5. The zero-order chi connectivity index (χ0) is 20.7. The number of nitrogens with zero attached hydrogens (tertiary/aromatic N) is 5. The van der Waals surface area contributed by atoms with Gasteiger partial charge >= 0.3 is 5.63 Å². The van der Waals surface area contributed by atoms with Gasteiger partial charge in [-0.2, -0.15) is 4.98 Å². The van der Waals surface area contributed by atoms with E-state index in [2.05, 4.69) is 26.7 Å². The van der Waals surface area contributed by atoms with E-state index in [9.17, 15) is 4.79 Å². The largest absolute Gasteiger partial charge is 0.403 e. The number of rotatable bonds is 3. The molecule has 0 atom stereocenters. The molecular formula is C22H22ClN5O2. The number of likely N-dealkylation sites (N-methyl/N-ethyl adjacent to an activating group) is 1. The summed E-state index contributed by atoms with van der Waals surface area (Å²) in [5, 5.41) is 1.29. The molecule has 1 saturated heterocycles. The quantitative estimate of drug-likeness (QED) is 0.500. The maximum absolute atomic E-state index is 12.7. The highest BCUT2D eigenvalue weighted by Gasteiger charge is 2.17. The highest BCUT2D eigenvalue weighted by molar-refractivity contribution is 6.33. The standard InChI is InChI=1S/C22H22ClN5O2/c1-2-26-8-4-10-27(12-11-26)19-7-6-15-13-16(22(29)30-21(15)25-19)18-14-28-9-3-5-17(23)20(28)24-18/h3,5-7,9,13-14H,2,4,8,10-12H2,1H3. The molecule has 7 nitrogen and oxygen atoms in total. The molecule has 0 aliphatic carbocycles. The molecule has 0 N–H and O–H groups in total. The zero-order valence-electron chi connectivity index (χ0n) is 16.7. The Labute approximate surface area is 178 Å². The van der Waals surface area contributed by atoms with Crippen LogP contribution in [-0.4, -0.2) is 52.0 Å². The van der Waals surface area contributed by atoms with E-state index >= 15 is 0 Å². The Morgan fingerprint density at radius 2 is 2.03 bits per heavy atom. The maximum atomic E-state index is 12.7. The second-order valence-electron chi connectivity index (χ2n) is 7.50. The van der Waals surface area contributed by atoms with Crippen molar-refractivity contribution in [2.75, 3.05) is 37.6 Å². The van der Waals surface area contributed by atoms with E-state index in [4.69, 9.17) is 16.0 Å². The van der Waals surface area contributed by atoms with Crippen LogP contribution in [0.2, 0.25) is 5.02 Å².